The van der Waals surface area contributed by atoms with Gasteiger partial charge in [0.1, 0.15) is 10.1 Å². The van der Waals surface area contributed by atoms with E-state index in [9.17, 15) is 9.59 Å². The van der Waals surface area contributed by atoms with Gasteiger partial charge in [0.15, 0.2) is 11.5 Å². The third kappa shape index (κ3) is 6.02. The highest BCUT2D eigenvalue weighted by molar-refractivity contribution is 8.26. The zero-order valence-corrected chi connectivity index (χ0v) is 19.3. The van der Waals surface area contributed by atoms with Crippen molar-refractivity contribution >= 4 is 46.3 Å². The maximum atomic E-state index is 12.9. The third-order valence-electron chi connectivity index (χ3n) is 4.69. The summed E-state index contributed by atoms with van der Waals surface area (Å²) < 4.78 is 16.6. The fourth-order valence-electron chi connectivity index (χ4n) is 3.07. The summed E-state index contributed by atoms with van der Waals surface area (Å²) in [5, 5.41) is 8.72. The highest BCUT2D eigenvalue weighted by Gasteiger charge is 2.31. The van der Waals surface area contributed by atoms with Crippen LogP contribution in [0.4, 0.5) is 0 Å². The van der Waals surface area contributed by atoms with Crippen molar-refractivity contribution in [2.75, 3.05) is 27.4 Å². The van der Waals surface area contributed by atoms with E-state index in [4.69, 9.17) is 31.5 Å². The van der Waals surface area contributed by atoms with Gasteiger partial charge in [-0.1, -0.05) is 42.2 Å². The maximum absolute atomic E-state index is 12.9. The lowest BCUT2D eigenvalue weighted by Gasteiger charge is -2.15. The number of hydrogen-bond donors (Lipinski definition) is 1. The van der Waals surface area contributed by atoms with Gasteiger partial charge in [-0.3, -0.25) is 14.5 Å². The van der Waals surface area contributed by atoms with E-state index in [1.807, 2.05) is 24.3 Å². The molecule has 0 spiro atoms. The minimum absolute atomic E-state index is 0.0804. The van der Waals surface area contributed by atoms with E-state index in [1.54, 1.807) is 43.4 Å². The van der Waals surface area contributed by atoms with Crippen LogP contribution in [-0.2, 0) is 16.0 Å². The van der Waals surface area contributed by atoms with Gasteiger partial charge in [0, 0.05) is 6.54 Å². The van der Waals surface area contributed by atoms with E-state index >= 15 is 0 Å². The molecule has 0 bridgehead atoms. The van der Waals surface area contributed by atoms with Gasteiger partial charge < -0.3 is 19.3 Å². The Kier molecular flexibility index (Phi) is 8.13. The molecule has 0 aliphatic carbocycles. The largest absolute Gasteiger partial charge is 0.493 e. The number of thiocarbonyl (C=S) groups is 1. The fourth-order valence-corrected chi connectivity index (χ4v) is 4.38. The van der Waals surface area contributed by atoms with Gasteiger partial charge in [0.2, 0.25) is 0 Å². The first-order valence-corrected chi connectivity index (χ1v) is 11.0. The fraction of sp³-hybridized carbons (Fsp3) is 0.261. The molecule has 7 nitrogen and oxygen atoms in total. The Labute approximate surface area is 196 Å². The van der Waals surface area contributed by atoms with Crippen molar-refractivity contribution < 1.29 is 28.9 Å². The topological polar surface area (TPSA) is 85.3 Å². The van der Waals surface area contributed by atoms with Crippen LogP contribution in [0.25, 0.3) is 6.08 Å². The molecule has 0 unspecified atom stereocenters. The minimum Gasteiger partial charge on any atom is -0.493 e. The van der Waals surface area contributed by atoms with E-state index in [-0.39, 0.29) is 18.9 Å². The molecule has 2 aromatic carbocycles. The number of carbonyl (C=O) groups is 2. The van der Waals surface area contributed by atoms with Crippen LogP contribution in [0, 0.1) is 0 Å². The van der Waals surface area contributed by atoms with Gasteiger partial charge in [0.25, 0.3) is 5.91 Å². The Morgan fingerprint density at radius 3 is 2.66 bits per heavy atom. The van der Waals surface area contributed by atoms with Crippen LogP contribution in [0.3, 0.4) is 0 Å². The zero-order chi connectivity index (χ0) is 23.1. The summed E-state index contributed by atoms with van der Waals surface area (Å²) in [6, 6.07) is 12.8. The summed E-state index contributed by atoms with van der Waals surface area (Å²) in [5.41, 5.74) is 1.78. The third-order valence-corrected chi connectivity index (χ3v) is 6.06. The summed E-state index contributed by atoms with van der Waals surface area (Å²) in [6.07, 6.45) is 2.30. The predicted octanol–water partition coefficient (Wildman–Crippen LogP) is 4.00. The van der Waals surface area contributed by atoms with Crippen LogP contribution < -0.4 is 14.2 Å². The van der Waals surface area contributed by atoms with Crippen molar-refractivity contribution in [3.8, 4) is 17.2 Å². The van der Waals surface area contributed by atoms with Crippen molar-refractivity contribution in [3.63, 3.8) is 0 Å². The van der Waals surface area contributed by atoms with Crippen molar-refractivity contribution in [1.82, 2.24) is 4.90 Å². The molecule has 1 N–H and O–H groups in total. The molecule has 1 saturated heterocycles. The Morgan fingerprint density at radius 1 is 1.16 bits per heavy atom. The van der Waals surface area contributed by atoms with E-state index in [2.05, 4.69) is 0 Å². The molecular formula is C23H23NO6S2. The van der Waals surface area contributed by atoms with E-state index in [1.165, 1.54) is 11.8 Å². The quantitative estimate of drug-likeness (QED) is 0.409. The second-order valence-corrected chi connectivity index (χ2v) is 8.51. The van der Waals surface area contributed by atoms with Crippen LogP contribution in [0.2, 0.25) is 0 Å². The summed E-state index contributed by atoms with van der Waals surface area (Å²) in [4.78, 5) is 25.7. The van der Waals surface area contributed by atoms with Crippen molar-refractivity contribution in [3.05, 3.63) is 58.5 Å². The highest BCUT2D eigenvalue weighted by atomic mass is 32.2. The summed E-state index contributed by atoms with van der Waals surface area (Å²) >= 11 is 6.68. The van der Waals surface area contributed by atoms with Gasteiger partial charge >= 0.3 is 5.97 Å². The van der Waals surface area contributed by atoms with E-state index in [0.29, 0.717) is 39.4 Å². The predicted molar refractivity (Wildman–Crippen MR) is 127 cm³/mol. The van der Waals surface area contributed by atoms with Gasteiger partial charge in [0.05, 0.1) is 32.2 Å². The molecule has 0 saturated carbocycles. The molecule has 168 valence electrons. The van der Waals surface area contributed by atoms with Crippen LogP contribution in [0.1, 0.15) is 17.5 Å². The van der Waals surface area contributed by atoms with Gasteiger partial charge in [-0.2, -0.15) is 0 Å². The second-order valence-electron chi connectivity index (χ2n) is 6.84. The number of carboxylic acids is 1. The molecule has 1 heterocycles. The zero-order valence-electron chi connectivity index (χ0n) is 17.7. The molecule has 9 heteroatoms. The van der Waals surface area contributed by atoms with Crippen LogP contribution in [0.5, 0.6) is 17.2 Å². The number of amides is 1. The van der Waals surface area contributed by atoms with Crippen molar-refractivity contribution in [2.45, 2.75) is 12.8 Å². The lowest BCUT2D eigenvalue weighted by Crippen LogP contribution is -2.30. The Balaban J connectivity index is 1.65. The van der Waals surface area contributed by atoms with Gasteiger partial charge in [-0.15, -0.1) is 0 Å². The number of aliphatic carboxylic acids is 1. The maximum Gasteiger partial charge on any atom is 0.306 e. The molecule has 1 aliphatic rings. The molecular weight excluding hydrogens is 450 g/mol. The minimum atomic E-state index is -0.919. The number of rotatable bonds is 10. The molecule has 1 aliphatic heterocycles. The number of benzene rings is 2. The van der Waals surface area contributed by atoms with Crippen molar-refractivity contribution in [2.24, 2.45) is 0 Å². The van der Waals surface area contributed by atoms with Crippen LogP contribution in [-0.4, -0.2) is 53.6 Å². The molecule has 0 atom stereocenters. The van der Waals surface area contributed by atoms with E-state index in [0.717, 1.165) is 11.1 Å². The lowest BCUT2D eigenvalue weighted by molar-refractivity contribution is -0.137. The average molecular weight is 474 g/mol. The number of nitrogens with zero attached hydrogens (tertiary/aromatic N) is 1. The Bertz CT molecular complexity index is 1050. The average Bonchev–Trinajstić information content (AvgIpc) is 3.04. The normalized spacial score (nSPS) is 14.7. The number of thioether (sulfide) groups is 1. The molecule has 3 rings (SSSR count). The van der Waals surface area contributed by atoms with Crippen LogP contribution in [0.15, 0.2) is 47.4 Å². The first kappa shape index (κ1) is 23.6. The molecule has 32 heavy (non-hydrogen) atoms. The number of carbonyl (C=O) groups excluding carboxylic acids is 1. The first-order valence-electron chi connectivity index (χ1n) is 9.82. The second kappa shape index (κ2) is 11.0. The highest BCUT2D eigenvalue weighted by Crippen LogP contribution is 2.33. The van der Waals surface area contributed by atoms with E-state index < -0.39 is 5.97 Å². The smallest absolute Gasteiger partial charge is 0.306 e. The number of methoxy groups -OCH3 is 2. The summed E-state index contributed by atoms with van der Waals surface area (Å²) in [5.74, 6) is 0.777. The van der Waals surface area contributed by atoms with Crippen molar-refractivity contribution in [1.29, 1.82) is 0 Å². The molecule has 1 amide bonds. The van der Waals surface area contributed by atoms with Crippen LogP contribution >= 0.6 is 24.0 Å². The number of ether oxygens (including phenoxy) is 3. The monoisotopic (exact) mass is 473 g/mol. The van der Waals surface area contributed by atoms with Gasteiger partial charge in [-0.05, 0) is 47.9 Å². The SMILES string of the molecule is COc1ccc(CCN2C(=O)/C(=C\c3cccc(OCCC(=O)O)c3)SC2=S)cc1OC. The van der Waals surface area contributed by atoms with Gasteiger partial charge in [-0.25, -0.2) is 0 Å². The Hall–Kier alpha value is -3.04. The molecule has 0 radical (unpaired) electrons. The standard InChI is InChI=1S/C23H23NO6S2/c1-28-18-7-6-15(13-19(18)29-2)8-10-24-22(27)20(32-23(24)31)14-16-4-3-5-17(12-16)30-11-9-21(25)26/h3-7,12-14H,8-11H2,1-2H3,(H,25,26)/b20-14+. The lowest BCUT2D eigenvalue weighted by atomic mass is 10.1. The number of carboxylic acid groups (broad SMARTS) is 1. The Morgan fingerprint density at radius 2 is 1.94 bits per heavy atom. The number of hydrogen-bond acceptors (Lipinski definition) is 7. The summed E-state index contributed by atoms with van der Waals surface area (Å²) in [7, 11) is 3.17. The first-order chi connectivity index (χ1) is 15.4. The molecule has 1 fully saturated rings. The molecule has 0 aromatic heterocycles. The summed E-state index contributed by atoms with van der Waals surface area (Å²) in [6.45, 7) is 0.535. The molecule has 2 aromatic rings.